The number of hydrogen-bond donors (Lipinski definition) is 1. The summed E-state index contributed by atoms with van der Waals surface area (Å²) in [5, 5.41) is 5.45. The number of nitrogens with zero attached hydrogens (tertiary/aromatic N) is 3. The predicted molar refractivity (Wildman–Crippen MR) is 170 cm³/mol. The molecule has 2 heterocycles. The number of carbonyl (C=O) groups excluding carboxylic acids is 4. The number of ether oxygens (including phenoxy) is 1. The maximum absolute atomic E-state index is 14.3. The molecule has 1 aromatic carbocycles. The number of ketones is 1. The molecule has 3 atom stereocenters. The van der Waals surface area contributed by atoms with Crippen molar-refractivity contribution in [3.63, 3.8) is 0 Å². The van der Waals surface area contributed by atoms with E-state index in [9.17, 15) is 23.6 Å². The van der Waals surface area contributed by atoms with Crippen molar-refractivity contribution in [3.05, 3.63) is 50.7 Å². The molecule has 0 radical (unpaired) electrons. The van der Waals surface area contributed by atoms with Gasteiger partial charge in [-0.25, -0.2) is 14.2 Å². The number of carbonyl (C=O) groups is 4. The number of fused-ring (bicyclic) bond motifs is 1. The van der Waals surface area contributed by atoms with E-state index >= 15 is 0 Å². The lowest BCUT2D eigenvalue weighted by atomic mass is 9.83. The predicted octanol–water partition coefficient (Wildman–Crippen LogP) is 5.99. The Hall–Kier alpha value is -3.34. The van der Waals surface area contributed by atoms with Crippen LogP contribution in [0.4, 0.5) is 9.18 Å². The molecule has 0 spiro atoms. The maximum atomic E-state index is 14.3. The van der Waals surface area contributed by atoms with Crippen molar-refractivity contribution in [2.45, 2.75) is 116 Å². The third-order valence-corrected chi connectivity index (χ3v) is 10.3. The van der Waals surface area contributed by atoms with Gasteiger partial charge < -0.3 is 15.0 Å². The highest BCUT2D eigenvalue weighted by atomic mass is 32.1. The second-order valence-electron chi connectivity index (χ2n) is 13.6. The summed E-state index contributed by atoms with van der Waals surface area (Å²) in [5.74, 6) is -1.05. The second kappa shape index (κ2) is 13.6. The van der Waals surface area contributed by atoms with Gasteiger partial charge in [-0.3, -0.25) is 19.3 Å². The molecule has 5 rings (SSSR count). The molecule has 1 N–H and O–H groups in total. The molecule has 1 aliphatic heterocycles. The number of thiazole rings is 1. The van der Waals surface area contributed by atoms with Gasteiger partial charge in [-0.05, 0) is 102 Å². The number of hydrogen-bond acceptors (Lipinski definition) is 7. The Morgan fingerprint density at radius 3 is 2.47 bits per heavy atom. The quantitative estimate of drug-likeness (QED) is 0.356. The molecule has 3 aliphatic rings. The van der Waals surface area contributed by atoms with E-state index < -0.39 is 29.7 Å². The van der Waals surface area contributed by atoms with Gasteiger partial charge in [0.25, 0.3) is 0 Å². The van der Waals surface area contributed by atoms with E-state index in [-0.39, 0.29) is 29.5 Å². The highest BCUT2D eigenvalue weighted by molar-refractivity contribution is 7.10. The van der Waals surface area contributed by atoms with Crippen LogP contribution in [0.2, 0.25) is 0 Å². The first kappa shape index (κ1) is 33.0. The lowest BCUT2D eigenvalue weighted by molar-refractivity contribution is -0.140. The number of aromatic nitrogens is 1. The zero-order valence-electron chi connectivity index (χ0n) is 27.0. The molecule has 1 saturated carbocycles. The van der Waals surface area contributed by atoms with Gasteiger partial charge in [-0.2, -0.15) is 0 Å². The van der Waals surface area contributed by atoms with Crippen molar-refractivity contribution < 1.29 is 28.3 Å². The summed E-state index contributed by atoms with van der Waals surface area (Å²) in [6, 6.07) is 1.07. The van der Waals surface area contributed by atoms with Gasteiger partial charge in [-0.1, -0.05) is 19.3 Å². The normalized spacial score (nSPS) is 20.0. The molecule has 0 bridgehead atoms. The maximum Gasteiger partial charge on any atom is 0.410 e. The molecular weight excluding hydrogens is 595 g/mol. The van der Waals surface area contributed by atoms with E-state index in [4.69, 9.17) is 9.72 Å². The fourth-order valence-electron chi connectivity index (χ4n) is 6.81. The van der Waals surface area contributed by atoms with E-state index in [1.165, 1.54) is 29.4 Å². The number of rotatable bonds is 8. The lowest BCUT2D eigenvalue weighted by Crippen LogP contribution is -2.56. The smallest absolute Gasteiger partial charge is 0.410 e. The number of benzene rings is 1. The van der Waals surface area contributed by atoms with Crippen LogP contribution in [-0.2, 0) is 27.2 Å². The third-order valence-electron chi connectivity index (χ3n) is 9.37. The molecular formula is C34H45FN4O5S. The summed E-state index contributed by atoms with van der Waals surface area (Å²) in [6.07, 6.45) is 7.79. The Balaban J connectivity index is 1.33. The summed E-state index contributed by atoms with van der Waals surface area (Å²) in [4.78, 5) is 61.7. The van der Waals surface area contributed by atoms with Crippen molar-refractivity contribution in [1.82, 2.24) is 20.1 Å². The van der Waals surface area contributed by atoms with E-state index in [0.29, 0.717) is 47.6 Å². The molecule has 2 aliphatic carbocycles. The van der Waals surface area contributed by atoms with Crippen molar-refractivity contribution in [2.75, 3.05) is 13.6 Å². The number of amides is 3. The Morgan fingerprint density at radius 1 is 1.04 bits per heavy atom. The third kappa shape index (κ3) is 7.23. The summed E-state index contributed by atoms with van der Waals surface area (Å²) in [5.41, 5.74) is 1.53. The minimum absolute atomic E-state index is 0.00973. The topological polar surface area (TPSA) is 109 Å². The highest BCUT2D eigenvalue weighted by Gasteiger charge is 2.41. The molecule has 3 amide bonds. The molecule has 2 aromatic rings. The van der Waals surface area contributed by atoms with Crippen molar-refractivity contribution in [1.29, 1.82) is 0 Å². The van der Waals surface area contributed by atoms with Gasteiger partial charge in [0, 0.05) is 24.5 Å². The molecule has 0 unspecified atom stereocenters. The van der Waals surface area contributed by atoms with Crippen LogP contribution in [0.15, 0.2) is 17.5 Å². The first-order valence-electron chi connectivity index (χ1n) is 16.2. The average molecular weight is 641 g/mol. The Kier molecular flexibility index (Phi) is 9.96. The largest absolute Gasteiger partial charge is 0.444 e. The van der Waals surface area contributed by atoms with E-state index in [1.807, 2.05) is 4.90 Å². The Labute approximate surface area is 268 Å². The van der Waals surface area contributed by atoms with Crippen LogP contribution in [0.25, 0.3) is 0 Å². The minimum Gasteiger partial charge on any atom is -0.444 e. The lowest BCUT2D eigenvalue weighted by Gasteiger charge is -2.36. The summed E-state index contributed by atoms with van der Waals surface area (Å²) >= 11 is 1.36. The van der Waals surface area contributed by atoms with Gasteiger partial charge in [-0.15, -0.1) is 11.3 Å². The van der Waals surface area contributed by atoms with Gasteiger partial charge in [0.2, 0.25) is 17.6 Å². The zero-order valence-corrected chi connectivity index (χ0v) is 27.8. The summed E-state index contributed by atoms with van der Waals surface area (Å²) in [6.45, 7) is 7.46. The van der Waals surface area contributed by atoms with Gasteiger partial charge in [0.15, 0.2) is 0 Å². The Bertz CT molecular complexity index is 1450. The van der Waals surface area contributed by atoms with Crippen LogP contribution in [-0.4, -0.2) is 69.8 Å². The monoisotopic (exact) mass is 640 g/mol. The number of halogens is 1. The molecule has 1 aromatic heterocycles. The number of likely N-dealkylation sites (N-methyl/N-ethyl adjacent to an activating group) is 1. The molecule has 1 saturated heterocycles. The molecule has 244 valence electrons. The first-order chi connectivity index (χ1) is 21.4. The molecule has 11 heteroatoms. The van der Waals surface area contributed by atoms with Crippen molar-refractivity contribution in [2.24, 2.45) is 5.92 Å². The van der Waals surface area contributed by atoms with Crippen LogP contribution in [0.3, 0.4) is 0 Å². The minimum atomic E-state index is -0.839. The van der Waals surface area contributed by atoms with E-state index in [1.54, 1.807) is 39.1 Å². The summed E-state index contributed by atoms with van der Waals surface area (Å²) in [7, 11) is 1.52. The van der Waals surface area contributed by atoms with Crippen LogP contribution in [0, 0.1) is 11.7 Å². The zero-order chi connectivity index (χ0) is 32.5. The van der Waals surface area contributed by atoms with E-state index in [2.05, 4.69) is 5.32 Å². The van der Waals surface area contributed by atoms with Gasteiger partial charge in [0.05, 0.1) is 6.04 Å². The fraction of sp³-hybridized carbons (Fsp3) is 0.618. The van der Waals surface area contributed by atoms with Gasteiger partial charge in [0.1, 0.15) is 34.2 Å². The fourth-order valence-corrected chi connectivity index (χ4v) is 7.76. The molecule has 45 heavy (non-hydrogen) atoms. The second-order valence-corrected chi connectivity index (χ2v) is 14.5. The number of likely N-dealkylation sites (tertiary alicyclic amines) is 1. The van der Waals surface area contributed by atoms with Crippen LogP contribution >= 0.6 is 11.3 Å². The SMILES string of the molecule is C[C@@H](C(=O)N[C@H](C(=O)N1CCC[C@H]1c1nc(C(=O)c2ccc(F)c3c2CCC3)cs1)C1CCCCC1)N(C)C(=O)OC(C)(C)C. The number of nitrogens with one attached hydrogen (secondary N) is 1. The van der Waals surface area contributed by atoms with Crippen LogP contribution < -0.4 is 5.32 Å². The molecule has 2 fully saturated rings. The first-order valence-corrected chi connectivity index (χ1v) is 17.1. The average Bonchev–Trinajstić information content (AvgIpc) is 3.79. The van der Waals surface area contributed by atoms with Crippen molar-refractivity contribution >= 4 is 35.0 Å². The molecule has 9 nitrogen and oxygen atoms in total. The van der Waals surface area contributed by atoms with Crippen LogP contribution in [0.5, 0.6) is 0 Å². The Morgan fingerprint density at radius 2 is 1.76 bits per heavy atom. The van der Waals surface area contributed by atoms with Gasteiger partial charge >= 0.3 is 6.09 Å². The highest BCUT2D eigenvalue weighted by Crippen LogP contribution is 2.37. The van der Waals surface area contributed by atoms with Crippen LogP contribution in [0.1, 0.15) is 117 Å². The van der Waals surface area contributed by atoms with Crippen molar-refractivity contribution in [3.8, 4) is 0 Å². The summed E-state index contributed by atoms with van der Waals surface area (Å²) < 4.78 is 19.8. The van der Waals surface area contributed by atoms with E-state index in [0.717, 1.165) is 50.5 Å². The standard InChI is InChI=1S/C34H45FN4O5S/c1-20(38(5)33(43)44-34(2,3)4)30(41)37-28(21-11-7-6-8-12-21)32(42)39-18-10-15-27(39)31-36-26(19-45-31)29(40)24-16-17-25(35)23-14-9-13-22(23)24/h16-17,19-21,27-28H,6-15,18H2,1-5H3,(H,37,41)/t20-,27-,28-/m0/s1.